The van der Waals surface area contributed by atoms with Crippen molar-refractivity contribution in [2.75, 3.05) is 0 Å². The van der Waals surface area contributed by atoms with Gasteiger partial charge in [-0.05, 0) is 13.3 Å². The Morgan fingerprint density at radius 1 is 1.50 bits per heavy atom. The first kappa shape index (κ1) is 12.6. The number of carboxylic acid groups (broad SMARTS) is 1. The smallest absolute Gasteiger partial charge is 0.324 e. The van der Waals surface area contributed by atoms with Gasteiger partial charge in [-0.25, -0.2) is 0 Å². The number of alkyl halides is 4. The maximum absolute atomic E-state index is 10.4. The van der Waals surface area contributed by atoms with Crippen LogP contribution in [0.25, 0.3) is 0 Å². The Balaban J connectivity index is 4.28. The largest absolute Gasteiger partial charge is 0.480 e. The fourth-order valence-electron chi connectivity index (χ4n) is 0.659. The maximum atomic E-state index is 10.4. The zero-order valence-corrected chi connectivity index (χ0v) is 9.25. The molecular weight excluding hydrogens is 246 g/mol. The normalized spacial score (nSPS) is 17.1. The molecule has 2 unspecified atom stereocenters. The Morgan fingerprint density at radius 3 is 2.17 bits per heavy atom. The third-order valence-corrected chi connectivity index (χ3v) is 2.82. The van der Waals surface area contributed by atoms with Crippen molar-refractivity contribution in [3.8, 4) is 0 Å². The van der Waals surface area contributed by atoms with E-state index in [2.05, 4.69) is 0 Å². The maximum Gasteiger partial charge on any atom is 0.324 e. The molecule has 12 heavy (non-hydrogen) atoms. The van der Waals surface area contributed by atoms with Crippen molar-refractivity contribution in [1.82, 2.24) is 0 Å². The Hall–Kier alpha value is 0.630. The highest BCUT2D eigenvalue weighted by atomic mass is 35.5. The van der Waals surface area contributed by atoms with Crippen LogP contribution in [0.1, 0.15) is 13.3 Å². The Morgan fingerprint density at radius 2 is 1.92 bits per heavy atom. The van der Waals surface area contributed by atoms with E-state index < -0.39 is 15.7 Å². The van der Waals surface area contributed by atoms with E-state index in [4.69, 9.17) is 51.5 Å². The predicted octanol–water partition coefficient (Wildman–Crippen LogP) is 2.87. The van der Waals surface area contributed by atoms with Crippen LogP contribution in [0, 0.1) is 0 Å². The molecule has 72 valence electrons. The van der Waals surface area contributed by atoms with Crippen molar-refractivity contribution >= 4 is 52.4 Å². The molecule has 0 spiro atoms. The zero-order chi connectivity index (χ0) is 9.94. The third-order valence-electron chi connectivity index (χ3n) is 1.14. The fraction of sp³-hybridized carbons (Fsp3) is 0.833. The van der Waals surface area contributed by atoms with Crippen molar-refractivity contribution < 1.29 is 9.90 Å². The van der Waals surface area contributed by atoms with Gasteiger partial charge in [-0.3, -0.25) is 4.79 Å². The quantitative estimate of drug-likeness (QED) is 0.783. The molecule has 0 saturated carbocycles. The fourth-order valence-corrected chi connectivity index (χ4v) is 1.80. The molecule has 0 aliphatic carbocycles. The van der Waals surface area contributed by atoms with E-state index >= 15 is 0 Å². The molecule has 0 saturated heterocycles. The van der Waals surface area contributed by atoms with Gasteiger partial charge in [0.2, 0.25) is 0 Å². The van der Waals surface area contributed by atoms with E-state index in [1.165, 1.54) is 0 Å². The first-order valence-electron chi connectivity index (χ1n) is 3.16. The first-order valence-corrected chi connectivity index (χ1v) is 4.79. The Bertz CT molecular complexity index is 169. The van der Waals surface area contributed by atoms with Gasteiger partial charge >= 0.3 is 5.97 Å². The van der Waals surface area contributed by atoms with Gasteiger partial charge in [0.1, 0.15) is 4.33 Å². The molecule has 0 aliphatic rings. The average molecular weight is 254 g/mol. The molecule has 2 atom stereocenters. The highest BCUT2D eigenvalue weighted by molar-refractivity contribution is 6.55. The molecule has 0 amide bonds. The summed E-state index contributed by atoms with van der Waals surface area (Å²) in [6.07, 6.45) is 0.123. The minimum absolute atomic E-state index is 0.123. The summed E-state index contributed by atoms with van der Waals surface area (Å²) in [5.41, 5.74) is 0. The molecule has 0 bridgehead atoms. The van der Waals surface area contributed by atoms with Crippen LogP contribution >= 0.6 is 46.4 Å². The summed E-state index contributed by atoms with van der Waals surface area (Å²) in [6, 6.07) is 0. The Labute approximate surface area is 90.7 Å². The molecule has 0 aromatic heterocycles. The molecule has 0 fully saturated rings. The Kier molecular flexibility index (Phi) is 5.00. The van der Waals surface area contributed by atoms with Crippen LogP contribution in [0.5, 0.6) is 0 Å². The second kappa shape index (κ2) is 4.75. The topological polar surface area (TPSA) is 37.3 Å². The summed E-state index contributed by atoms with van der Waals surface area (Å²) in [7, 11) is 0. The summed E-state index contributed by atoms with van der Waals surface area (Å²) in [5.74, 6) is -1.25. The molecule has 0 aromatic carbocycles. The molecule has 6 heteroatoms. The number of carboxylic acids is 1. The van der Waals surface area contributed by atoms with Crippen LogP contribution in [0.4, 0.5) is 0 Å². The third kappa shape index (κ3) is 4.04. The summed E-state index contributed by atoms with van der Waals surface area (Å²) in [4.78, 5) is 10.4. The van der Waals surface area contributed by atoms with Crippen LogP contribution < -0.4 is 0 Å². The standard InChI is InChI=1S/C6H8Cl4O2/c1-3(7)2-6(9,10)4(8)5(11)12/h3-4H,2H2,1H3,(H,11,12). The minimum atomic E-state index is -1.52. The lowest BCUT2D eigenvalue weighted by Gasteiger charge is -2.22. The van der Waals surface area contributed by atoms with Crippen molar-refractivity contribution in [3.63, 3.8) is 0 Å². The number of rotatable bonds is 4. The van der Waals surface area contributed by atoms with E-state index in [-0.39, 0.29) is 11.8 Å². The second-order valence-corrected chi connectivity index (χ2v) is 5.17. The van der Waals surface area contributed by atoms with Gasteiger partial charge in [-0.15, -0.1) is 23.2 Å². The first-order chi connectivity index (χ1) is 5.27. The summed E-state index contributed by atoms with van der Waals surface area (Å²) >= 11 is 22.3. The summed E-state index contributed by atoms with van der Waals surface area (Å²) in [5, 5.41) is 6.82. The van der Waals surface area contributed by atoms with Gasteiger partial charge in [0.25, 0.3) is 0 Å². The molecule has 0 rings (SSSR count). The van der Waals surface area contributed by atoms with Gasteiger partial charge < -0.3 is 5.11 Å². The predicted molar refractivity (Wildman–Crippen MR) is 51.6 cm³/mol. The van der Waals surface area contributed by atoms with Crippen LogP contribution in [0.3, 0.4) is 0 Å². The van der Waals surface area contributed by atoms with Gasteiger partial charge in [0.15, 0.2) is 5.38 Å². The van der Waals surface area contributed by atoms with E-state index in [9.17, 15) is 4.79 Å². The zero-order valence-electron chi connectivity index (χ0n) is 6.23. The number of hydrogen-bond acceptors (Lipinski definition) is 1. The number of carbonyl (C=O) groups is 1. The van der Waals surface area contributed by atoms with Gasteiger partial charge in [0.05, 0.1) is 0 Å². The number of hydrogen-bond donors (Lipinski definition) is 1. The van der Waals surface area contributed by atoms with Crippen molar-refractivity contribution in [3.05, 3.63) is 0 Å². The molecule has 0 aromatic rings. The van der Waals surface area contributed by atoms with Crippen LogP contribution in [-0.4, -0.2) is 26.2 Å². The van der Waals surface area contributed by atoms with Crippen molar-refractivity contribution in [2.45, 2.75) is 28.4 Å². The molecule has 2 nitrogen and oxygen atoms in total. The van der Waals surface area contributed by atoms with E-state index in [1.807, 2.05) is 0 Å². The second-order valence-electron chi connectivity index (χ2n) is 2.45. The number of halogens is 4. The van der Waals surface area contributed by atoms with Gasteiger partial charge in [0, 0.05) is 5.38 Å². The lowest BCUT2D eigenvalue weighted by molar-refractivity contribution is -0.136. The van der Waals surface area contributed by atoms with Crippen molar-refractivity contribution in [1.29, 1.82) is 0 Å². The summed E-state index contributed by atoms with van der Waals surface area (Å²) in [6.45, 7) is 1.66. The molecule has 0 radical (unpaired) electrons. The van der Waals surface area contributed by atoms with Gasteiger partial charge in [-0.1, -0.05) is 23.2 Å². The number of aliphatic carboxylic acids is 1. The monoisotopic (exact) mass is 252 g/mol. The molecular formula is C6H8Cl4O2. The molecule has 0 aliphatic heterocycles. The van der Waals surface area contributed by atoms with Crippen LogP contribution in [0.2, 0.25) is 0 Å². The van der Waals surface area contributed by atoms with Crippen LogP contribution in [-0.2, 0) is 4.79 Å². The van der Waals surface area contributed by atoms with E-state index in [0.29, 0.717) is 0 Å². The highest BCUT2D eigenvalue weighted by Crippen LogP contribution is 2.35. The van der Waals surface area contributed by atoms with Crippen LogP contribution in [0.15, 0.2) is 0 Å². The molecule has 0 heterocycles. The summed E-state index contributed by atoms with van der Waals surface area (Å²) < 4.78 is -1.52. The average Bonchev–Trinajstić information content (AvgIpc) is 1.82. The van der Waals surface area contributed by atoms with Crippen molar-refractivity contribution in [2.24, 2.45) is 0 Å². The highest BCUT2D eigenvalue weighted by Gasteiger charge is 2.39. The molecule has 1 N–H and O–H groups in total. The SMILES string of the molecule is CC(Cl)CC(Cl)(Cl)C(Cl)C(=O)O. The lowest BCUT2D eigenvalue weighted by Crippen LogP contribution is -2.35. The van der Waals surface area contributed by atoms with E-state index in [0.717, 1.165) is 0 Å². The van der Waals surface area contributed by atoms with Gasteiger partial charge in [-0.2, -0.15) is 0 Å². The van der Waals surface area contributed by atoms with E-state index in [1.54, 1.807) is 6.92 Å². The minimum Gasteiger partial charge on any atom is -0.480 e. The lowest BCUT2D eigenvalue weighted by atomic mass is 10.2.